The number of unbranched alkanes of at least 4 members (excludes halogenated alkanes) is 2. The number of esters is 2. The molecule has 0 aliphatic rings. The molecule has 9 nitrogen and oxygen atoms in total. The van der Waals surface area contributed by atoms with Crippen molar-refractivity contribution in [2.24, 2.45) is 22.9 Å². The molecule has 12 heteroatoms. The summed E-state index contributed by atoms with van der Waals surface area (Å²) in [7, 11) is 0. The number of halogens is 3. The van der Waals surface area contributed by atoms with E-state index >= 15 is 0 Å². The van der Waals surface area contributed by atoms with Gasteiger partial charge in [0, 0.05) is 0 Å². The Morgan fingerprint density at radius 3 is 1.30 bits per heavy atom. The quantitative estimate of drug-likeness (QED) is 0.186. The van der Waals surface area contributed by atoms with Crippen molar-refractivity contribution in [1.82, 2.24) is 0 Å². The molecule has 164 valence electrons. The fourth-order valence-corrected chi connectivity index (χ4v) is 1.79. The Bertz CT molecular complexity index is 315. The molecular formula is C15H33Cl3N4O5. The van der Waals surface area contributed by atoms with E-state index in [1.807, 2.05) is 6.79 Å². The molecule has 0 heterocycles. The maximum atomic E-state index is 10.9. The maximum absolute atomic E-state index is 10.9. The first-order chi connectivity index (χ1) is 12.4. The van der Waals surface area contributed by atoms with Gasteiger partial charge in [0.25, 0.3) is 0 Å². The summed E-state index contributed by atoms with van der Waals surface area (Å²) >= 11 is 10.4. The molecule has 0 aliphatic carbocycles. The summed E-state index contributed by atoms with van der Waals surface area (Å²) in [5, 5.41) is 0. The molecule has 27 heavy (non-hydrogen) atoms. The van der Waals surface area contributed by atoms with Crippen molar-refractivity contribution in [3.63, 3.8) is 0 Å². The van der Waals surface area contributed by atoms with Crippen molar-refractivity contribution in [2.45, 2.75) is 50.6 Å². The largest absolute Gasteiger partial charge is 0.448 e. The second-order valence-corrected chi connectivity index (χ2v) is 5.36. The Morgan fingerprint density at radius 1 is 0.778 bits per heavy atom. The zero-order chi connectivity index (χ0) is 20.8. The van der Waals surface area contributed by atoms with E-state index in [2.05, 4.69) is 9.47 Å². The number of carbonyl (C=O) groups is 3. The zero-order valence-electron chi connectivity index (χ0n) is 15.4. The average molecular weight is 456 g/mol. The van der Waals surface area contributed by atoms with Crippen LogP contribution in [0.15, 0.2) is 0 Å². The first kappa shape index (κ1) is 33.9. The van der Waals surface area contributed by atoms with Gasteiger partial charge in [0.05, 0.1) is 0 Å². The van der Waals surface area contributed by atoms with Crippen LogP contribution in [-0.4, -0.2) is 56.0 Å². The van der Waals surface area contributed by atoms with Gasteiger partial charge in [-0.2, -0.15) is 0 Å². The summed E-state index contributed by atoms with van der Waals surface area (Å²) in [4.78, 5) is 29.7. The molecule has 8 N–H and O–H groups in total. The van der Waals surface area contributed by atoms with E-state index in [1.54, 1.807) is 0 Å². The van der Waals surface area contributed by atoms with E-state index in [-0.39, 0.29) is 24.5 Å². The standard InChI is InChI=1S/2C7H15ClN2O2.CH2O.ClH/c2*8-5-12-7(11)6(10)3-1-2-4-9;1-2;/h2*6H,1-5,9-10H2;1H2;1H/t2*6-;;/m00../s1. The molecule has 2 atom stereocenters. The smallest absolute Gasteiger partial charge is 0.324 e. The van der Waals surface area contributed by atoms with Gasteiger partial charge in [-0.25, -0.2) is 0 Å². The van der Waals surface area contributed by atoms with Gasteiger partial charge < -0.3 is 37.2 Å². The van der Waals surface area contributed by atoms with Crippen molar-refractivity contribution in [1.29, 1.82) is 0 Å². The van der Waals surface area contributed by atoms with E-state index in [0.29, 0.717) is 25.9 Å². The van der Waals surface area contributed by atoms with Crippen LogP contribution >= 0.6 is 35.6 Å². The van der Waals surface area contributed by atoms with Crippen LogP contribution in [0, 0.1) is 0 Å². The molecule has 0 unspecified atom stereocenters. The Hall–Kier alpha value is -0.680. The molecule has 0 saturated heterocycles. The van der Waals surface area contributed by atoms with Crippen LogP contribution in [0.2, 0.25) is 0 Å². The third-order valence-corrected chi connectivity index (χ3v) is 3.16. The molecule has 0 aromatic rings. The first-order valence-electron chi connectivity index (χ1n) is 8.09. The Balaban J connectivity index is -0.000000173. The summed E-state index contributed by atoms with van der Waals surface area (Å²) < 4.78 is 9.01. The van der Waals surface area contributed by atoms with Crippen molar-refractivity contribution < 1.29 is 23.9 Å². The highest BCUT2D eigenvalue weighted by molar-refractivity contribution is 6.17. The van der Waals surface area contributed by atoms with E-state index < -0.39 is 24.0 Å². The number of hydrogen-bond donors (Lipinski definition) is 4. The zero-order valence-corrected chi connectivity index (χ0v) is 17.8. The Kier molecular flexibility index (Phi) is 34.5. The van der Waals surface area contributed by atoms with E-state index in [4.69, 9.17) is 50.9 Å². The Labute approximate surface area is 177 Å². The van der Waals surface area contributed by atoms with Crippen molar-refractivity contribution >= 4 is 54.3 Å². The Morgan fingerprint density at radius 2 is 1.07 bits per heavy atom. The second kappa shape index (κ2) is 27.5. The summed E-state index contributed by atoms with van der Waals surface area (Å²) in [5.41, 5.74) is 21.5. The van der Waals surface area contributed by atoms with E-state index in [1.165, 1.54) is 0 Å². The highest BCUT2D eigenvalue weighted by Crippen LogP contribution is 2.00. The van der Waals surface area contributed by atoms with Gasteiger partial charge in [0.15, 0.2) is 12.1 Å². The van der Waals surface area contributed by atoms with Gasteiger partial charge in [-0.1, -0.05) is 36.0 Å². The number of carbonyl (C=O) groups excluding carboxylic acids is 3. The lowest BCUT2D eigenvalue weighted by molar-refractivity contribution is -0.144. The molecule has 0 amide bonds. The minimum Gasteiger partial charge on any atom is -0.448 e. The number of alkyl halides is 2. The molecule has 0 bridgehead atoms. The van der Waals surface area contributed by atoms with Gasteiger partial charge >= 0.3 is 11.9 Å². The third-order valence-electron chi connectivity index (χ3n) is 2.94. The second-order valence-electron chi connectivity index (χ2n) is 4.93. The van der Waals surface area contributed by atoms with Crippen molar-refractivity contribution in [2.75, 3.05) is 25.2 Å². The van der Waals surface area contributed by atoms with Gasteiger partial charge in [0.2, 0.25) is 0 Å². The van der Waals surface area contributed by atoms with Crippen LogP contribution in [0.3, 0.4) is 0 Å². The molecule has 0 spiro atoms. The lowest BCUT2D eigenvalue weighted by atomic mass is 10.1. The highest BCUT2D eigenvalue weighted by atomic mass is 35.5. The summed E-state index contributed by atoms with van der Waals surface area (Å²) in [6, 6.07) is -1.39. The minimum absolute atomic E-state index is 0. The fraction of sp³-hybridized carbons (Fsp3) is 0.800. The van der Waals surface area contributed by atoms with Crippen LogP contribution in [0.1, 0.15) is 38.5 Å². The van der Waals surface area contributed by atoms with Crippen LogP contribution in [0.25, 0.3) is 0 Å². The summed E-state index contributed by atoms with van der Waals surface area (Å²) in [5.74, 6) is -0.885. The van der Waals surface area contributed by atoms with Crippen LogP contribution in [0.5, 0.6) is 0 Å². The predicted molar refractivity (Wildman–Crippen MR) is 110 cm³/mol. The number of ether oxygens (including phenoxy) is 2. The topological polar surface area (TPSA) is 174 Å². The van der Waals surface area contributed by atoms with Gasteiger partial charge in [-0.05, 0) is 38.8 Å². The lowest BCUT2D eigenvalue weighted by Crippen LogP contribution is -2.32. The molecule has 0 aliphatic heterocycles. The third kappa shape index (κ3) is 25.3. The van der Waals surface area contributed by atoms with Gasteiger partial charge in [-0.3, -0.25) is 9.59 Å². The van der Waals surface area contributed by atoms with Gasteiger partial charge in [-0.15, -0.1) is 12.4 Å². The minimum atomic E-state index is -0.560. The number of nitrogens with two attached hydrogens (primary N) is 4. The summed E-state index contributed by atoms with van der Waals surface area (Å²) in [6.07, 6.45) is 4.65. The molecule has 0 fully saturated rings. The summed E-state index contributed by atoms with van der Waals surface area (Å²) in [6.45, 7) is 3.24. The maximum Gasteiger partial charge on any atom is 0.324 e. The monoisotopic (exact) mass is 454 g/mol. The van der Waals surface area contributed by atoms with Crippen LogP contribution in [0.4, 0.5) is 0 Å². The van der Waals surface area contributed by atoms with Gasteiger partial charge in [0.1, 0.15) is 18.9 Å². The lowest BCUT2D eigenvalue weighted by Gasteiger charge is -2.08. The van der Waals surface area contributed by atoms with E-state index in [9.17, 15) is 9.59 Å². The molecule has 0 radical (unpaired) electrons. The number of hydrogen-bond acceptors (Lipinski definition) is 9. The number of rotatable bonds is 12. The fourth-order valence-electron chi connectivity index (χ4n) is 1.57. The van der Waals surface area contributed by atoms with Crippen molar-refractivity contribution in [3.05, 3.63) is 0 Å². The first-order valence-corrected chi connectivity index (χ1v) is 9.16. The normalized spacial score (nSPS) is 11.3. The predicted octanol–water partition coefficient (Wildman–Crippen LogP) is 0.601. The van der Waals surface area contributed by atoms with Crippen LogP contribution < -0.4 is 22.9 Å². The molecule has 0 saturated carbocycles. The molecule has 0 aromatic heterocycles. The molecular weight excluding hydrogens is 423 g/mol. The SMILES string of the molecule is C=O.Cl.NCCCC[C@H](N)C(=O)OCCl.NCCCC[C@H](N)C(=O)OCCl. The average Bonchev–Trinajstić information content (AvgIpc) is 2.64. The van der Waals surface area contributed by atoms with Crippen LogP contribution in [-0.2, 0) is 23.9 Å². The molecule has 0 rings (SSSR count). The molecule has 0 aromatic carbocycles. The highest BCUT2D eigenvalue weighted by Gasteiger charge is 2.14. The van der Waals surface area contributed by atoms with E-state index in [0.717, 1.165) is 25.7 Å². The van der Waals surface area contributed by atoms with Crippen molar-refractivity contribution in [3.8, 4) is 0 Å².